The molecule has 3 aromatic carbocycles. The van der Waals surface area contributed by atoms with Crippen LogP contribution in [0.15, 0.2) is 77.7 Å². The number of aromatic nitrogens is 1. The first kappa shape index (κ1) is 21.8. The highest BCUT2D eigenvalue weighted by Gasteiger charge is 2.20. The fourth-order valence-electron chi connectivity index (χ4n) is 2.93. The fraction of sp³-hybridized carbons (Fsp3) is 0. The van der Waals surface area contributed by atoms with Gasteiger partial charge in [0.2, 0.25) is 10.0 Å². The van der Waals surface area contributed by atoms with Gasteiger partial charge in [-0.2, -0.15) is 0 Å². The Morgan fingerprint density at radius 2 is 1.38 bits per heavy atom. The zero-order valence-corrected chi connectivity index (χ0v) is 17.9. The number of benzene rings is 3. The number of rotatable bonds is 5. The van der Waals surface area contributed by atoms with E-state index in [4.69, 9.17) is 5.14 Å². The molecule has 0 fully saturated rings. The number of carbonyl (C=O) groups excluding carboxylic acids is 1. The van der Waals surface area contributed by atoms with E-state index in [0.717, 1.165) is 11.3 Å². The molecule has 0 aliphatic carbocycles. The van der Waals surface area contributed by atoms with Crippen LogP contribution in [0.1, 0.15) is 9.80 Å². The average molecular weight is 472 g/mol. The maximum Gasteiger partial charge on any atom is 0.284 e. The van der Waals surface area contributed by atoms with Gasteiger partial charge in [0.05, 0.1) is 15.5 Å². The third-order valence-electron chi connectivity index (χ3n) is 4.49. The van der Waals surface area contributed by atoms with Gasteiger partial charge in [0.25, 0.3) is 5.91 Å². The number of nitrogens with one attached hydrogen (secondary N) is 1. The molecule has 0 saturated heterocycles. The molecule has 0 aliphatic heterocycles. The number of halogens is 2. The van der Waals surface area contributed by atoms with Gasteiger partial charge in [-0.15, -0.1) is 11.3 Å². The van der Waals surface area contributed by atoms with Gasteiger partial charge in [-0.25, -0.2) is 27.3 Å². The molecule has 0 atom stereocenters. The predicted octanol–water partition coefficient (Wildman–Crippen LogP) is 4.66. The highest BCUT2D eigenvalue weighted by molar-refractivity contribution is 7.89. The molecule has 1 heterocycles. The molecule has 1 amide bonds. The lowest BCUT2D eigenvalue weighted by Gasteiger charge is -2.04. The van der Waals surface area contributed by atoms with Gasteiger partial charge in [0.1, 0.15) is 11.6 Å². The Kier molecular flexibility index (Phi) is 5.83. The number of hydrogen-bond acceptors (Lipinski definition) is 5. The third-order valence-corrected chi connectivity index (χ3v) is 6.52. The van der Waals surface area contributed by atoms with Crippen LogP contribution < -0.4 is 10.5 Å². The van der Waals surface area contributed by atoms with Crippen LogP contribution in [-0.4, -0.2) is 19.3 Å². The number of primary sulfonamides is 1. The highest BCUT2D eigenvalue weighted by Crippen LogP contribution is 2.37. The van der Waals surface area contributed by atoms with E-state index in [9.17, 15) is 22.0 Å². The van der Waals surface area contributed by atoms with E-state index in [-0.39, 0.29) is 9.90 Å². The highest BCUT2D eigenvalue weighted by atomic mass is 32.2. The molecule has 32 heavy (non-hydrogen) atoms. The number of anilines is 1. The van der Waals surface area contributed by atoms with Gasteiger partial charge in [-0.05, 0) is 54.1 Å². The molecule has 1 aromatic heterocycles. The van der Waals surface area contributed by atoms with Crippen LogP contribution >= 0.6 is 11.3 Å². The van der Waals surface area contributed by atoms with Crippen molar-refractivity contribution in [2.75, 3.05) is 5.32 Å². The molecule has 0 spiro atoms. The summed E-state index contributed by atoms with van der Waals surface area (Å²) in [5, 5.41) is 7.93. The van der Waals surface area contributed by atoms with Crippen molar-refractivity contribution in [1.29, 1.82) is 0 Å². The average Bonchev–Trinajstić information content (AvgIpc) is 3.21. The minimum absolute atomic E-state index is 0.0610. The summed E-state index contributed by atoms with van der Waals surface area (Å²) in [7, 11) is -3.87. The molecule has 3 N–H and O–H groups in total. The number of nitrogens with zero attached hydrogens (tertiary/aromatic N) is 1. The molecule has 4 aromatic rings. The lowest BCUT2D eigenvalue weighted by Crippen LogP contribution is -2.12. The molecular formula is C22H15F2N3O3S2. The second-order valence-corrected chi connectivity index (χ2v) is 9.29. The summed E-state index contributed by atoms with van der Waals surface area (Å²) in [6, 6.07) is 16.8. The Balaban J connectivity index is 1.75. The first-order valence-corrected chi connectivity index (χ1v) is 11.5. The second-order valence-electron chi connectivity index (χ2n) is 6.73. The van der Waals surface area contributed by atoms with Crippen LogP contribution in [0.2, 0.25) is 0 Å². The SMILES string of the molecule is NS(=O)(=O)c1ccc(-c2nc(C(=O)Nc3ccc(F)cc3)sc2-c2ccc(F)cc2)cc1. The van der Waals surface area contributed by atoms with Crippen molar-refractivity contribution in [3.63, 3.8) is 0 Å². The minimum Gasteiger partial charge on any atom is -0.320 e. The van der Waals surface area contributed by atoms with Crippen molar-refractivity contribution in [2.24, 2.45) is 5.14 Å². The van der Waals surface area contributed by atoms with Crippen molar-refractivity contribution in [3.8, 4) is 21.7 Å². The lowest BCUT2D eigenvalue weighted by atomic mass is 10.1. The van der Waals surface area contributed by atoms with Crippen molar-refractivity contribution in [1.82, 2.24) is 4.98 Å². The first-order chi connectivity index (χ1) is 15.2. The van der Waals surface area contributed by atoms with E-state index >= 15 is 0 Å². The van der Waals surface area contributed by atoms with Gasteiger partial charge in [-0.3, -0.25) is 4.79 Å². The minimum atomic E-state index is -3.87. The van der Waals surface area contributed by atoms with Crippen molar-refractivity contribution >= 4 is 33.0 Å². The number of nitrogens with two attached hydrogens (primary N) is 1. The van der Waals surface area contributed by atoms with Crippen molar-refractivity contribution in [2.45, 2.75) is 4.90 Å². The Bertz CT molecular complexity index is 1380. The van der Waals surface area contributed by atoms with Gasteiger partial charge < -0.3 is 5.32 Å². The lowest BCUT2D eigenvalue weighted by molar-refractivity contribution is 0.102. The van der Waals surface area contributed by atoms with E-state index < -0.39 is 27.6 Å². The van der Waals surface area contributed by atoms with Crippen LogP contribution in [0, 0.1) is 11.6 Å². The Morgan fingerprint density at radius 1 is 0.844 bits per heavy atom. The summed E-state index contributed by atoms with van der Waals surface area (Å²) >= 11 is 1.09. The summed E-state index contributed by atoms with van der Waals surface area (Å²) in [6.07, 6.45) is 0. The summed E-state index contributed by atoms with van der Waals surface area (Å²) in [6.45, 7) is 0. The number of hydrogen-bond donors (Lipinski definition) is 2. The molecule has 0 bridgehead atoms. The molecule has 0 aliphatic rings. The monoisotopic (exact) mass is 471 g/mol. The number of carbonyl (C=O) groups is 1. The molecule has 10 heteroatoms. The van der Waals surface area contributed by atoms with Gasteiger partial charge in [0.15, 0.2) is 5.01 Å². The van der Waals surface area contributed by atoms with Crippen molar-refractivity contribution < 1.29 is 22.0 Å². The molecule has 4 rings (SSSR count). The Morgan fingerprint density at radius 3 is 1.94 bits per heavy atom. The molecule has 0 radical (unpaired) electrons. The number of thiazole rings is 1. The number of sulfonamides is 1. The van der Waals surface area contributed by atoms with Gasteiger partial charge >= 0.3 is 0 Å². The fourth-order valence-corrected chi connectivity index (χ4v) is 4.43. The molecule has 6 nitrogen and oxygen atoms in total. The zero-order valence-electron chi connectivity index (χ0n) is 16.2. The van der Waals surface area contributed by atoms with Crippen LogP contribution in [0.4, 0.5) is 14.5 Å². The summed E-state index contributed by atoms with van der Waals surface area (Å²) in [4.78, 5) is 17.7. The third kappa shape index (κ3) is 4.72. The summed E-state index contributed by atoms with van der Waals surface area (Å²) in [5.74, 6) is -1.34. The normalized spacial score (nSPS) is 11.3. The summed E-state index contributed by atoms with van der Waals surface area (Å²) < 4.78 is 49.6. The Hall–Kier alpha value is -3.47. The standard InChI is InChI=1S/C22H15F2N3O3S2/c23-15-5-1-14(2-6-15)20-19(13-3-11-18(12-4-13)32(25,29)30)27-22(31-20)21(28)26-17-9-7-16(24)8-10-17/h1-12H,(H,26,28)(H2,25,29,30). The topological polar surface area (TPSA) is 102 Å². The van der Waals surface area contributed by atoms with Crippen LogP contribution in [0.3, 0.4) is 0 Å². The van der Waals surface area contributed by atoms with Gasteiger partial charge in [0, 0.05) is 11.3 Å². The largest absolute Gasteiger partial charge is 0.320 e. The van der Waals surface area contributed by atoms with Crippen LogP contribution in [0.5, 0.6) is 0 Å². The zero-order chi connectivity index (χ0) is 22.9. The van der Waals surface area contributed by atoms with Gasteiger partial charge in [-0.1, -0.05) is 24.3 Å². The smallest absolute Gasteiger partial charge is 0.284 e. The van der Waals surface area contributed by atoms with Crippen LogP contribution in [-0.2, 0) is 10.0 Å². The van der Waals surface area contributed by atoms with E-state index in [0.29, 0.717) is 27.4 Å². The second kappa shape index (κ2) is 8.58. The van der Waals surface area contributed by atoms with E-state index in [1.165, 1.54) is 60.7 Å². The number of amides is 1. The maximum absolute atomic E-state index is 13.4. The molecular weight excluding hydrogens is 456 g/mol. The molecule has 0 saturated carbocycles. The predicted molar refractivity (Wildman–Crippen MR) is 119 cm³/mol. The summed E-state index contributed by atoms with van der Waals surface area (Å²) in [5.41, 5.74) is 2.00. The molecule has 162 valence electrons. The van der Waals surface area contributed by atoms with E-state index in [1.54, 1.807) is 12.1 Å². The van der Waals surface area contributed by atoms with E-state index in [1.807, 2.05) is 0 Å². The Labute approximate surface area is 186 Å². The maximum atomic E-state index is 13.4. The quantitative estimate of drug-likeness (QED) is 0.442. The molecule has 0 unspecified atom stereocenters. The first-order valence-electron chi connectivity index (χ1n) is 9.17. The van der Waals surface area contributed by atoms with E-state index in [2.05, 4.69) is 10.3 Å². The van der Waals surface area contributed by atoms with Crippen molar-refractivity contribution in [3.05, 3.63) is 89.4 Å². The van der Waals surface area contributed by atoms with Crippen LogP contribution in [0.25, 0.3) is 21.7 Å².